The Hall–Kier alpha value is -1.22. The lowest BCUT2D eigenvalue weighted by molar-refractivity contribution is 0.297. The van der Waals surface area contributed by atoms with Crippen molar-refractivity contribution < 1.29 is 9.84 Å². The minimum absolute atomic E-state index is 0.0949. The second-order valence-electron chi connectivity index (χ2n) is 4.97. The Morgan fingerprint density at radius 3 is 2.50 bits per heavy atom. The maximum absolute atomic E-state index is 10.0. The van der Waals surface area contributed by atoms with Crippen molar-refractivity contribution in [2.75, 3.05) is 6.61 Å². The van der Waals surface area contributed by atoms with E-state index >= 15 is 0 Å². The van der Waals surface area contributed by atoms with Crippen molar-refractivity contribution in [3.63, 3.8) is 0 Å². The number of phenolic OH excluding ortho intramolecular Hbond substituents is 1. The van der Waals surface area contributed by atoms with Gasteiger partial charge in [-0.3, -0.25) is 0 Å². The largest absolute Gasteiger partial charge is 0.504 e. The van der Waals surface area contributed by atoms with Crippen LogP contribution in [0.25, 0.3) is 0 Å². The predicted molar refractivity (Wildman–Crippen MR) is 65.7 cm³/mol. The second-order valence-corrected chi connectivity index (χ2v) is 4.97. The van der Waals surface area contributed by atoms with Gasteiger partial charge >= 0.3 is 0 Å². The fraction of sp³-hybridized carbons (Fsp3) is 0.538. The molecule has 90 valence electrons. The van der Waals surface area contributed by atoms with E-state index in [0.29, 0.717) is 12.4 Å². The van der Waals surface area contributed by atoms with Gasteiger partial charge in [-0.25, -0.2) is 0 Å². The molecule has 1 aromatic rings. The molecule has 0 spiro atoms. The van der Waals surface area contributed by atoms with Crippen LogP contribution < -0.4 is 10.5 Å². The molecule has 0 bridgehead atoms. The Kier molecular flexibility index (Phi) is 3.81. The van der Waals surface area contributed by atoms with Crippen molar-refractivity contribution in [1.29, 1.82) is 0 Å². The maximum Gasteiger partial charge on any atom is 0.162 e. The molecule has 0 aliphatic rings. The van der Waals surface area contributed by atoms with Gasteiger partial charge < -0.3 is 15.6 Å². The molecule has 0 aliphatic heterocycles. The van der Waals surface area contributed by atoms with Crippen LogP contribution in [0.5, 0.6) is 11.5 Å². The fourth-order valence-corrected chi connectivity index (χ4v) is 1.53. The van der Waals surface area contributed by atoms with Gasteiger partial charge in [0.15, 0.2) is 11.5 Å². The molecule has 16 heavy (non-hydrogen) atoms. The highest BCUT2D eigenvalue weighted by Gasteiger charge is 2.25. The fourth-order valence-electron chi connectivity index (χ4n) is 1.53. The monoisotopic (exact) mass is 223 g/mol. The van der Waals surface area contributed by atoms with Crippen LogP contribution in [0.4, 0.5) is 0 Å². The molecule has 3 N–H and O–H groups in total. The average Bonchev–Trinajstić information content (AvgIpc) is 2.19. The van der Waals surface area contributed by atoms with Crippen molar-refractivity contribution >= 4 is 0 Å². The van der Waals surface area contributed by atoms with E-state index in [2.05, 4.69) is 0 Å². The van der Waals surface area contributed by atoms with E-state index < -0.39 is 0 Å². The number of hydrogen-bond donors (Lipinski definition) is 2. The van der Waals surface area contributed by atoms with E-state index in [1.165, 1.54) is 0 Å². The number of rotatable bonds is 3. The Morgan fingerprint density at radius 1 is 1.38 bits per heavy atom. The number of phenols is 1. The number of para-hydroxylation sites is 1. The SMILES string of the molecule is CCOc1cccc([C@H](N)C(C)(C)C)c1O. The van der Waals surface area contributed by atoms with Crippen LogP contribution in [-0.2, 0) is 0 Å². The second kappa shape index (κ2) is 4.74. The molecule has 0 unspecified atom stereocenters. The topological polar surface area (TPSA) is 55.5 Å². The van der Waals surface area contributed by atoms with E-state index in [-0.39, 0.29) is 17.2 Å². The first kappa shape index (κ1) is 12.8. The Labute approximate surface area is 97.2 Å². The molecule has 0 saturated heterocycles. The normalized spacial score (nSPS) is 13.6. The summed E-state index contributed by atoms with van der Waals surface area (Å²) in [6, 6.07) is 5.23. The molecular weight excluding hydrogens is 202 g/mol. The third-order valence-electron chi connectivity index (χ3n) is 2.60. The quantitative estimate of drug-likeness (QED) is 0.828. The molecule has 1 rings (SSSR count). The van der Waals surface area contributed by atoms with Crippen LogP contribution >= 0.6 is 0 Å². The number of benzene rings is 1. The van der Waals surface area contributed by atoms with Gasteiger partial charge in [-0.2, -0.15) is 0 Å². The zero-order valence-electron chi connectivity index (χ0n) is 10.4. The lowest BCUT2D eigenvalue weighted by Crippen LogP contribution is -2.26. The molecule has 0 saturated carbocycles. The molecule has 3 nitrogen and oxygen atoms in total. The Balaban J connectivity index is 3.10. The molecule has 1 aromatic carbocycles. The van der Waals surface area contributed by atoms with Gasteiger partial charge in [0.2, 0.25) is 0 Å². The third-order valence-corrected chi connectivity index (χ3v) is 2.60. The van der Waals surface area contributed by atoms with Crippen molar-refractivity contribution in [2.45, 2.75) is 33.7 Å². The van der Waals surface area contributed by atoms with E-state index in [1.54, 1.807) is 6.07 Å². The smallest absolute Gasteiger partial charge is 0.162 e. The predicted octanol–water partition coefficient (Wildman–Crippen LogP) is 2.84. The molecule has 1 atom stereocenters. The molecule has 0 amide bonds. The van der Waals surface area contributed by atoms with Crippen LogP contribution in [0.3, 0.4) is 0 Å². The van der Waals surface area contributed by atoms with Gasteiger partial charge in [-0.1, -0.05) is 32.9 Å². The summed E-state index contributed by atoms with van der Waals surface area (Å²) in [5, 5.41) is 10.0. The zero-order chi connectivity index (χ0) is 12.3. The summed E-state index contributed by atoms with van der Waals surface area (Å²) >= 11 is 0. The summed E-state index contributed by atoms with van der Waals surface area (Å²) in [4.78, 5) is 0. The lowest BCUT2D eigenvalue weighted by Gasteiger charge is -2.28. The summed E-state index contributed by atoms with van der Waals surface area (Å²) in [5.74, 6) is 0.659. The molecule has 0 radical (unpaired) electrons. The number of nitrogens with two attached hydrogens (primary N) is 1. The highest BCUT2D eigenvalue weighted by Crippen LogP contribution is 2.39. The van der Waals surface area contributed by atoms with E-state index in [1.807, 2.05) is 39.8 Å². The van der Waals surface area contributed by atoms with Crippen molar-refractivity contribution in [3.8, 4) is 11.5 Å². The van der Waals surface area contributed by atoms with Gasteiger partial charge in [0.1, 0.15) is 0 Å². The average molecular weight is 223 g/mol. The minimum atomic E-state index is -0.215. The van der Waals surface area contributed by atoms with E-state index in [0.717, 1.165) is 5.56 Å². The zero-order valence-corrected chi connectivity index (χ0v) is 10.4. The first-order valence-electron chi connectivity index (χ1n) is 5.58. The van der Waals surface area contributed by atoms with Gasteiger partial charge in [0.25, 0.3) is 0 Å². The maximum atomic E-state index is 10.0. The van der Waals surface area contributed by atoms with Gasteiger partial charge in [-0.05, 0) is 18.4 Å². The van der Waals surface area contributed by atoms with E-state index in [9.17, 15) is 5.11 Å². The summed E-state index contributed by atoms with van der Waals surface area (Å²) in [7, 11) is 0. The molecule has 0 heterocycles. The molecule has 0 aliphatic carbocycles. The van der Waals surface area contributed by atoms with Crippen LogP contribution in [0.1, 0.15) is 39.3 Å². The number of aromatic hydroxyl groups is 1. The summed E-state index contributed by atoms with van der Waals surface area (Å²) in [6.45, 7) is 8.55. The molecule has 3 heteroatoms. The van der Waals surface area contributed by atoms with Crippen molar-refractivity contribution in [1.82, 2.24) is 0 Å². The van der Waals surface area contributed by atoms with Crippen molar-refractivity contribution in [2.24, 2.45) is 11.1 Å². The Bertz CT molecular complexity index is 355. The first-order valence-corrected chi connectivity index (χ1v) is 5.58. The third kappa shape index (κ3) is 2.67. The Morgan fingerprint density at radius 2 is 2.00 bits per heavy atom. The number of hydrogen-bond acceptors (Lipinski definition) is 3. The summed E-state index contributed by atoms with van der Waals surface area (Å²) in [6.07, 6.45) is 0. The molecular formula is C13H21NO2. The highest BCUT2D eigenvalue weighted by molar-refractivity contribution is 5.47. The van der Waals surface area contributed by atoms with Crippen molar-refractivity contribution in [3.05, 3.63) is 23.8 Å². The molecule has 0 aromatic heterocycles. The highest BCUT2D eigenvalue weighted by atomic mass is 16.5. The van der Waals surface area contributed by atoms with Crippen LogP contribution in [0.2, 0.25) is 0 Å². The standard InChI is InChI=1S/C13H21NO2/c1-5-16-10-8-6-7-9(11(10)15)12(14)13(2,3)4/h6-8,12,15H,5,14H2,1-4H3/t12-/m0/s1. The van der Waals surface area contributed by atoms with Crippen LogP contribution in [0, 0.1) is 5.41 Å². The molecule has 0 fully saturated rings. The number of ether oxygens (including phenoxy) is 1. The summed E-state index contributed by atoms with van der Waals surface area (Å²) < 4.78 is 5.33. The van der Waals surface area contributed by atoms with E-state index in [4.69, 9.17) is 10.5 Å². The van der Waals surface area contributed by atoms with Gasteiger partial charge in [-0.15, -0.1) is 0 Å². The summed E-state index contributed by atoms with van der Waals surface area (Å²) in [5.41, 5.74) is 6.76. The van der Waals surface area contributed by atoms with Crippen LogP contribution in [0.15, 0.2) is 18.2 Å². The van der Waals surface area contributed by atoms with Crippen LogP contribution in [-0.4, -0.2) is 11.7 Å². The lowest BCUT2D eigenvalue weighted by atomic mass is 9.82. The van der Waals surface area contributed by atoms with Gasteiger partial charge in [0, 0.05) is 11.6 Å². The minimum Gasteiger partial charge on any atom is -0.504 e. The van der Waals surface area contributed by atoms with Gasteiger partial charge in [0.05, 0.1) is 6.61 Å². The first-order chi connectivity index (χ1) is 7.38.